The second kappa shape index (κ2) is 7.26. The van der Waals surface area contributed by atoms with Gasteiger partial charge in [0.05, 0.1) is 5.56 Å². The first-order valence-corrected chi connectivity index (χ1v) is 6.95. The zero-order valence-corrected chi connectivity index (χ0v) is 12.3. The molecule has 5 nitrogen and oxygen atoms in total. The summed E-state index contributed by atoms with van der Waals surface area (Å²) in [7, 11) is 0. The first-order valence-electron chi connectivity index (χ1n) is 6.95. The molecule has 0 saturated carbocycles. The molecule has 5 heteroatoms. The van der Waals surface area contributed by atoms with Gasteiger partial charge in [0, 0.05) is 6.54 Å². The number of nitrogens with two attached hydrogens (primary N) is 1. The largest absolute Gasteiger partial charge is 0.480 e. The van der Waals surface area contributed by atoms with Crippen molar-refractivity contribution >= 4 is 11.8 Å². The monoisotopic (exact) mass is 298 g/mol. The van der Waals surface area contributed by atoms with E-state index >= 15 is 0 Å². The number of nitrogens with one attached hydrogen (secondary N) is 1. The molecule has 0 fully saturated rings. The third-order valence-electron chi connectivity index (χ3n) is 3.14. The Morgan fingerprint density at radius 1 is 1.09 bits per heavy atom. The van der Waals surface area contributed by atoms with Crippen LogP contribution in [0.1, 0.15) is 22.8 Å². The van der Waals surface area contributed by atoms with E-state index in [2.05, 4.69) is 5.32 Å². The Labute approximate surface area is 129 Å². The van der Waals surface area contributed by atoms with Crippen LogP contribution in [0.15, 0.2) is 54.6 Å². The molecule has 22 heavy (non-hydrogen) atoms. The number of para-hydroxylation sites is 1. The van der Waals surface area contributed by atoms with Crippen molar-refractivity contribution in [3.8, 4) is 5.75 Å². The van der Waals surface area contributed by atoms with Crippen LogP contribution in [-0.2, 0) is 11.3 Å². The Morgan fingerprint density at radius 2 is 1.73 bits per heavy atom. The summed E-state index contributed by atoms with van der Waals surface area (Å²) in [6.45, 7) is 2.04. The van der Waals surface area contributed by atoms with E-state index in [0.717, 1.165) is 5.56 Å². The molecule has 2 rings (SSSR count). The summed E-state index contributed by atoms with van der Waals surface area (Å²) in [5, 5.41) is 2.79. The number of carbonyl (C=O) groups excluding carboxylic acids is 2. The van der Waals surface area contributed by atoms with E-state index in [1.165, 1.54) is 0 Å². The zero-order chi connectivity index (χ0) is 15.9. The first kappa shape index (κ1) is 15.6. The maximum Gasteiger partial charge on any atom is 0.261 e. The highest BCUT2D eigenvalue weighted by molar-refractivity contribution is 5.95. The molecule has 0 aromatic heterocycles. The SMILES string of the molecule is C[C@H](Oc1ccccc1C(N)=O)C(=O)NCc1ccccc1. The maximum atomic E-state index is 12.0. The maximum absolute atomic E-state index is 12.0. The van der Waals surface area contributed by atoms with Gasteiger partial charge in [-0.3, -0.25) is 9.59 Å². The van der Waals surface area contributed by atoms with Crippen LogP contribution >= 0.6 is 0 Å². The third-order valence-corrected chi connectivity index (χ3v) is 3.14. The minimum Gasteiger partial charge on any atom is -0.480 e. The van der Waals surface area contributed by atoms with Crippen molar-refractivity contribution in [3.05, 3.63) is 65.7 Å². The molecule has 0 aliphatic rings. The van der Waals surface area contributed by atoms with Crippen molar-refractivity contribution in [2.75, 3.05) is 0 Å². The second-order valence-electron chi connectivity index (χ2n) is 4.82. The van der Waals surface area contributed by atoms with Gasteiger partial charge in [0.1, 0.15) is 5.75 Å². The highest BCUT2D eigenvalue weighted by Gasteiger charge is 2.17. The Hall–Kier alpha value is -2.82. The summed E-state index contributed by atoms with van der Waals surface area (Å²) in [6, 6.07) is 16.2. The molecule has 0 bridgehead atoms. The first-order chi connectivity index (χ1) is 10.6. The molecule has 0 unspecified atom stereocenters. The summed E-state index contributed by atoms with van der Waals surface area (Å²) < 4.78 is 5.54. The fraction of sp³-hybridized carbons (Fsp3) is 0.176. The van der Waals surface area contributed by atoms with Crippen molar-refractivity contribution in [1.29, 1.82) is 0 Å². The molecule has 114 valence electrons. The molecule has 0 saturated heterocycles. The smallest absolute Gasteiger partial charge is 0.261 e. The molecule has 3 N–H and O–H groups in total. The van der Waals surface area contributed by atoms with Crippen molar-refractivity contribution in [2.24, 2.45) is 5.73 Å². The van der Waals surface area contributed by atoms with Gasteiger partial charge in [0.25, 0.3) is 11.8 Å². The third kappa shape index (κ3) is 4.09. The van der Waals surface area contributed by atoms with Crippen LogP contribution in [0, 0.1) is 0 Å². The van der Waals surface area contributed by atoms with E-state index in [1.807, 2.05) is 30.3 Å². The lowest BCUT2D eigenvalue weighted by Gasteiger charge is -2.16. The summed E-state index contributed by atoms with van der Waals surface area (Å²) in [5.74, 6) is -0.548. The second-order valence-corrected chi connectivity index (χ2v) is 4.82. The number of hydrogen-bond donors (Lipinski definition) is 2. The molecule has 0 radical (unpaired) electrons. The molecule has 2 aromatic rings. The molecule has 2 aromatic carbocycles. The van der Waals surface area contributed by atoms with Crippen LogP contribution in [0.5, 0.6) is 5.75 Å². The van der Waals surface area contributed by atoms with Crippen molar-refractivity contribution in [1.82, 2.24) is 5.32 Å². The molecular formula is C17H18N2O3. The topological polar surface area (TPSA) is 81.4 Å². The number of benzene rings is 2. The lowest BCUT2D eigenvalue weighted by molar-refractivity contribution is -0.127. The minimum absolute atomic E-state index is 0.255. The van der Waals surface area contributed by atoms with E-state index in [4.69, 9.17) is 10.5 Å². The fourth-order valence-corrected chi connectivity index (χ4v) is 1.95. The molecule has 0 aliphatic carbocycles. The Morgan fingerprint density at radius 3 is 2.41 bits per heavy atom. The summed E-state index contributed by atoms with van der Waals surface area (Å²) in [4.78, 5) is 23.4. The van der Waals surface area contributed by atoms with E-state index < -0.39 is 12.0 Å². The van der Waals surface area contributed by atoms with Crippen molar-refractivity contribution in [3.63, 3.8) is 0 Å². The Balaban J connectivity index is 1.96. The number of carbonyl (C=O) groups is 2. The van der Waals surface area contributed by atoms with Crippen molar-refractivity contribution < 1.29 is 14.3 Å². The average molecular weight is 298 g/mol. The fourth-order valence-electron chi connectivity index (χ4n) is 1.95. The normalized spacial score (nSPS) is 11.5. The number of rotatable bonds is 6. The minimum atomic E-state index is -0.732. The quantitative estimate of drug-likeness (QED) is 0.854. The lowest BCUT2D eigenvalue weighted by Crippen LogP contribution is -2.36. The summed E-state index contributed by atoms with van der Waals surface area (Å²) in [5.41, 5.74) is 6.54. The van der Waals surface area contributed by atoms with Crippen LogP contribution in [0.25, 0.3) is 0 Å². The molecule has 0 aliphatic heterocycles. The van der Waals surface area contributed by atoms with E-state index in [0.29, 0.717) is 12.3 Å². The average Bonchev–Trinajstić information content (AvgIpc) is 2.53. The summed E-state index contributed by atoms with van der Waals surface area (Å²) >= 11 is 0. The predicted molar refractivity (Wildman–Crippen MR) is 83.3 cm³/mol. The molecule has 0 spiro atoms. The zero-order valence-electron chi connectivity index (χ0n) is 12.3. The summed E-state index contributed by atoms with van der Waals surface area (Å²) in [6.07, 6.45) is -0.732. The van der Waals surface area contributed by atoms with Gasteiger partial charge in [-0.2, -0.15) is 0 Å². The van der Waals surface area contributed by atoms with Crippen LogP contribution in [0.3, 0.4) is 0 Å². The standard InChI is InChI=1S/C17H18N2O3/c1-12(17(21)19-11-13-7-3-2-4-8-13)22-15-10-6-5-9-14(15)16(18)20/h2-10,12H,11H2,1H3,(H2,18,20)(H,19,21)/t12-/m0/s1. The lowest BCUT2D eigenvalue weighted by atomic mass is 10.2. The van der Waals surface area contributed by atoms with Crippen molar-refractivity contribution in [2.45, 2.75) is 19.6 Å². The molecule has 0 heterocycles. The van der Waals surface area contributed by atoms with E-state index in [1.54, 1.807) is 31.2 Å². The van der Waals surface area contributed by atoms with Gasteiger partial charge in [-0.1, -0.05) is 42.5 Å². The predicted octanol–water partition coefficient (Wildman–Crippen LogP) is 1.87. The van der Waals surface area contributed by atoms with Gasteiger partial charge >= 0.3 is 0 Å². The van der Waals surface area contributed by atoms with E-state index in [9.17, 15) is 9.59 Å². The van der Waals surface area contributed by atoms with Gasteiger partial charge in [-0.15, -0.1) is 0 Å². The van der Waals surface area contributed by atoms with Crippen LogP contribution in [-0.4, -0.2) is 17.9 Å². The van der Waals surface area contributed by atoms with Gasteiger partial charge in [0.2, 0.25) is 0 Å². The Bertz CT molecular complexity index is 656. The van der Waals surface area contributed by atoms with Gasteiger partial charge in [0.15, 0.2) is 6.10 Å². The van der Waals surface area contributed by atoms with Crippen LogP contribution in [0.2, 0.25) is 0 Å². The van der Waals surface area contributed by atoms with Gasteiger partial charge in [-0.25, -0.2) is 0 Å². The number of ether oxygens (including phenoxy) is 1. The highest BCUT2D eigenvalue weighted by atomic mass is 16.5. The molecule has 2 amide bonds. The highest BCUT2D eigenvalue weighted by Crippen LogP contribution is 2.18. The van der Waals surface area contributed by atoms with Gasteiger partial charge < -0.3 is 15.8 Å². The number of primary amides is 1. The van der Waals surface area contributed by atoms with Gasteiger partial charge in [-0.05, 0) is 24.6 Å². The number of hydrogen-bond acceptors (Lipinski definition) is 3. The number of amides is 2. The van der Waals surface area contributed by atoms with Crippen LogP contribution in [0.4, 0.5) is 0 Å². The molecular weight excluding hydrogens is 280 g/mol. The molecule has 1 atom stereocenters. The van der Waals surface area contributed by atoms with Crippen LogP contribution < -0.4 is 15.8 Å². The van der Waals surface area contributed by atoms with E-state index in [-0.39, 0.29) is 11.5 Å². The Kier molecular flexibility index (Phi) is 5.14.